The molecule has 0 spiro atoms. The molecule has 0 aromatic heterocycles. The van der Waals surface area contributed by atoms with Crippen molar-refractivity contribution in [2.24, 2.45) is 5.92 Å². The predicted molar refractivity (Wildman–Crippen MR) is 31.2 cm³/mol. The Morgan fingerprint density at radius 1 is 1.50 bits per heavy atom. The summed E-state index contributed by atoms with van der Waals surface area (Å²) in [5.74, 6) is -1.00. The molecule has 0 rings (SSSR count). The number of carboxylic acids is 1. The summed E-state index contributed by atoms with van der Waals surface area (Å²) in [6, 6.07) is 0. The van der Waals surface area contributed by atoms with Gasteiger partial charge in [0.2, 0.25) is 0 Å². The van der Waals surface area contributed by atoms with Gasteiger partial charge < -0.3 is 14.7 Å². The van der Waals surface area contributed by atoms with Gasteiger partial charge in [-0.25, -0.2) is 0 Å². The molecule has 0 amide bonds. The number of hydrogen-bond donors (Lipinski definition) is 0. The van der Waals surface area contributed by atoms with E-state index in [1.165, 1.54) is 0 Å². The first-order chi connectivity index (χ1) is 4.00. The van der Waals surface area contributed by atoms with E-state index in [0.717, 1.165) is 6.92 Å². The van der Waals surface area contributed by atoms with Crippen LogP contribution in [0.4, 0.5) is 0 Å². The molecule has 1 radical (unpaired) electrons. The van der Waals surface area contributed by atoms with Gasteiger partial charge in [0.05, 0.1) is 0 Å². The van der Waals surface area contributed by atoms with Gasteiger partial charge >= 0.3 is 17.1 Å². The van der Waals surface area contributed by atoms with Crippen LogP contribution in [-0.2, 0) is 26.7 Å². The summed E-state index contributed by atoms with van der Waals surface area (Å²) in [6.45, 7) is 4.57. The minimum Gasteiger partial charge on any atom is -0.550 e. The van der Waals surface area contributed by atoms with Crippen LogP contribution in [0.3, 0.4) is 0 Å². The van der Waals surface area contributed by atoms with Crippen LogP contribution in [0.25, 0.3) is 0 Å². The van der Waals surface area contributed by atoms with Crippen LogP contribution in [0.5, 0.6) is 0 Å². The van der Waals surface area contributed by atoms with E-state index in [2.05, 4.69) is 0 Å². The van der Waals surface area contributed by atoms with Crippen molar-refractivity contribution in [1.29, 1.82) is 0 Å². The van der Waals surface area contributed by atoms with Gasteiger partial charge in [0.25, 0.3) is 0 Å². The first kappa shape index (κ1) is 16.3. The molecule has 0 atom stereocenters. The summed E-state index contributed by atoms with van der Waals surface area (Å²) in [6.07, 6.45) is 1.78. The molecule has 0 aromatic rings. The number of carboxylic acid groups (broad SMARTS) is 1. The Morgan fingerprint density at radius 2 is 1.60 bits per heavy atom. The summed E-state index contributed by atoms with van der Waals surface area (Å²) < 4.78 is 0. The van der Waals surface area contributed by atoms with Gasteiger partial charge in [-0.15, -0.1) is 5.92 Å². The Balaban J connectivity index is -0.0000000910. The molecule has 0 aromatic carbocycles. The third kappa shape index (κ3) is 123. The minimum atomic E-state index is -1.08. The Hall–Kier alpha value is -0.341. The molecule has 10 heavy (non-hydrogen) atoms. The van der Waals surface area contributed by atoms with Crippen LogP contribution < -0.4 is 5.11 Å². The maximum Gasteiger partial charge on any atom is 2.00 e. The Labute approximate surface area is 71.3 Å². The van der Waals surface area contributed by atoms with Crippen LogP contribution in [-0.4, -0.2) is 12.3 Å². The van der Waals surface area contributed by atoms with Crippen molar-refractivity contribution in [1.82, 2.24) is 0 Å². The molecular weight excluding hydrogens is 184 g/mol. The van der Waals surface area contributed by atoms with Gasteiger partial charge in [-0.1, -0.05) is 13.8 Å². The first-order valence-electron chi connectivity index (χ1n) is 2.56. The van der Waals surface area contributed by atoms with Gasteiger partial charge in [0, 0.05) is 5.97 Å². The fourth-order valence-corrected chi connectivity index (χ4v) is 0. The van der Waals surface area contributed by atoms with E-state index in [9.17, 15) is 4.79 Å². The fourth-order valence-electron chi connectivity index (χ4n) is 0. The van der Waals surface area contributed by atoms with E-state index in [4.69, 9.17) is 9.90 Å². The van der Waals surface area contributed by atoms with Crippen molar-refractivity contribution in [3.63, 3.8) is 0 Å². The third-order valence-electron chi connectivity index (χ3n) is 0.236. The number of rotatable bonds is 1. The van der Waals surface area contributed by atoms with E-state index >= 15 is 0 Å². The molecule has 0 saturated heterocycles. The first-order valence-corrected chi connectivity index (χ1v) is 2.56. The largest absolute Gasteiger partial charge is 2.00 e. The van der Waals surface area contributed by atoms with Crippen molar-refractivity contribution in [3.05, 3.63) is 0 Å². The van der Waals surface area contributed by atoms with Crippen LogP contribution >= 0.6 is 0 Å². The van der Waals surface area contributed by atoms with Crippen molar-refractivity contribution in [2.45, 2.75) is 20.8 Å². The molecule has 0 fully saturated rings. The molecule has 0 bridgehead atoms. The number of hydrogen-bond acceptors (Lipinski definition) is 3. The normalized spacial score (nSPS) is 6.80. The molecule has 0 saturated carbocycles. The van der Waals surface area contributed by atoms with Gasteiger partial charge in [-0.2, -0.15) is 0 Å². The van der Waals surface area contributed by atoms with Crippen LogP contribution in [0.15, 0.2) is 0 Å². The Bertz CT molecular complexity index is 87.0. The minimum absolute atomic E-state index is 0. The maximum absolute atomic E-state index is 9.38. The SMILES string of the molecule is CC(=O)[O-].CC(C)[C-]=O.[Cu+2]. The van der Waals surface area contributed by atoms with Gasteiger partial charge in [-0.05, 0) is 6.92 Å². The van der Waals surface area contributed by atoms with E-state index in [1.807, 2.05) is 0 Å². The van der Waals surface area contributed by atoms with Crippen LogP contribution in [0.1, 0.15) is 20.8 Å². The van der Waals surface area contributed by atoms with Crippen molar-refractivity contribution >= 4 is 12.3 Å². The molecule has 63 valence electrons. The quantitative estimate of drug-likeness (QED) is 0.417. The molecule has 0 heterocycles. The van der Waals surface area contributed by atoms with E-state index in [0.29, 0.717) is 0 Å². The number of aliphatic carboxylic acids is 1. The summed E-state index contributed by atoms with van der Waals surface area (Å²) in [7, 11) is 0. The maximum atomic E-state index is 9.38. The van der Waals surface area contributed by atoms with E-state index in [1.54, 1.807) is 20.1 Å². The van der Waals surface area contributed by atoms with Crippen LogP contribution in [0, 0.1) is 5.92 Å². The second-order valence-corrected chi connectivity index (χ2v) is 1.76. The molecule has 0 unspecified atom stereocenters. The van der Waals surface area contributed by atoms with E-state index in [-0.39, 0.29) is 23.0 Å². The molecule has 0 N–H and O–H groups in total. The Kier molecular flexibility index (Phi) is 18.7. The second-order valence-electron chi connectivity index (χ2n) is 1.76. The zero-order valence-corrected chi connectivity index (χ0v) is 7.05. The van der Waals surface area contributed by atoms with Gasteiger partial charge in [0.15, 0.2) is 0 Å². The molecule has 0 aliphatic heterocycles. The average molecular weight is 194 g/mol. The van der Waals surface area contributed by atoms with Gasteiger partial charge in [0.1, 0.15) is 0 Å². The molecular formula is C6H10CuO3. The summed E-state index contributed by atoms with van der Waals surface area (Å²) in [5.41, 5.74) is 0. The zero-order chi connectivity index (χ0) is 7.86. The number of carbonyl (C=O) groups excluding carboxylic acids is 2. The Morgan fingerprint density at radius 3 is 1.60 bits per heavy atom. The standard InChI is InChI=1S/C4H7O.C2H4O2.Cu/c1-4(2)3-5;1-2(3)4;/h4H,1-2H3;1H3,(H,3,4);/q-1;;+2/p-1. The monoisotopic (exact) mass is 193 g/mol. The van der Waals surface area contributed by atoms with Crippen molar-refractivity contribution in [3.8, 4) is 0 Å². The summed E-state index contributed by atoms with van der Waals surface area (Å²) in [5, 5.41) is 8.89. The smallest absolute Gasteiger partial charge is 0.550 e. The van der Waals surface area contributed by atoms with Crippen molar-refractivity contribution in [2.75, 3.05) is 0 Å². The molecule has 4 heteroatoms. The van der Waals surface area contributed by atoms with Crippen molar-refractivity contribution < 1.29 is 31.8 Å². The fraction of sp³-hybridized carbons (Fsp3) is 0.667. The molecule has 0 aliphatic carbocycles. The third-order valence-corrected chi connectivity index (χ3v) is 0.236. The zero-order valence-electron chi connectivity index (χ0n) is 6.10. The molecule has 3 nitrogen and oxygen atoms in total. The summed E-state index contributed by atoms with van der Waals surface area (Å²) >= 11 is 0. The predicted octanol–water partition coefficient (Wildman–Crippen LogP) is -0.494. The summed E-state index contributed by atoms with van der Waals surface area (Å²) in [4.78, 5) is 18.3. The van der Waals surface area contributed by atoms with Gasteiger partial charge in [-0.3, -0.25) is 6.29 Å². The molecule has 0 aliphatic rings. The topological polar surface area (TPSA) is 57.2 Å². The second kappa shape index (κ2) is 11.5. The van der Waals surface area contributed by atoms with Crippen LogP contribution in [0.2, 0.25) is 0 Å². The number of carbonyl (C=O) groups is 1. The van der Waals surface area contributed by atoms with E-state index < -0.39 is 5.97 Å². The average Bonchev–Trinajstić information content (AvgIpc) is 1.65.